The van der Waals surface area contributed by atoms with Crippen molar-refractivity contribution in [1.29, 1.82) is 0 Å². The highest BCUT2D eigenvalue weighted by atomic mass is 16.5. The molecule has 3 aromatic rings. The second kappa shape index (κ2) is 11.4. The van der Waals surface area contributed by atoms with E-state index in [2.05, 4.69) is 86.4 Å². The maximum atomic E-state index is 9.95. The molecule has 0 aromatic heterocycles. The molecule has 3 rings (SSSR count). The third-order valence-electron chi connectivity index (χ3n) is 5.67. The Morgan fingerprint density at radius 2 is 1.34 bits per heavy atom. The normalized spacial score (nSPS) is 11.4. The van der Waals surface area contributed by atoms with Crippen LogP contribution in [0.4, 0.5) is 5.69 Å². The number of hydrogen-bond donors (Lipinski definition) is 1. The van der Waals surface area contributed by atoms with Crippen LogP contribution in [-0.2, 0) is 6.61 Å². The molecule has 3 aromatic carbocycles. The van der Waals surface area contributed by atoms with Crippen molar-refractivity contribution in [2.45, 2.75) is 27.4 Å². The van der Waals surface area contributed by atoms with Crippen molar-refractivity contribution in [2.24, 2.45) is 0 Å². The molecule has 3 nitrogen and oxygen atoms in total. The summed E-state index contributed by atoms with van der Waals surface area (Å²) in [6.07, 6.45) is 8.20. The summed E-state index contributed by atoms with van der Waals surface area (Å²) in [6, 6.07) is 20.9. The molecule has 3 heteroatoms. The number of rotatable bonds is 9. The van der Waals surface area contributed by atoms with Gasteiger partial charge >= 0.3 is 0 Å². The SMILES string of the molecule is CCN(CC)c1ccc(C=Cc2cc(CO)c(C=Cc3ccc(C)cc3)cc2OC)cc1. The van der Waals surface area contributed by atoms with E-state index in [9.17, 15) is 5.11 Å². The summed E-state index contributed by atoms with van der Waals surface area (Å²) in [4.78, 5) is 2.33. The molecule has 0 aliphatic carbocycles. The average Bonchev–Trinajstić information content (AvgIpc) is 2.83. The third kappa shape index (κ3) is 5.89. The van der Waals surface area contributed by atoms with E-state index >= 15 is 0 Å². The maximum Gasteiger partial charge on any atom is 0.126 e. The monoisotopic (exact) mass is 427 g/mol. The molecule has 0 aliphatic heterocycles. The first-order valence-electron chi connectivity index (χ1n) is 11.2. The van der Waals surface area contributed by atoms with Crippen molar-refractivity contribution < 1.29 is 9.84 Å². The van der Waals surface area contributed by atoms with Crippen molar-refractivity contribution in [3.63, 3.8) is 0 Å². The van der Waals surface area contributed by atoms with Crippen molar-refractivity contribution in [3.8, 4) is 5.75 Å². The lowest BCUT2D eigenvalue weighted by Crippen LogP contribution is -2.21. The van der Waals surface area contributed by atoms with E-state index < -0.39 is 0 Å². The van der Waals surface area contributed by atoms with Crippen molar-refractivity contribution in [3.05, 3.63) is 94.0 Å². The number of aliphatic hydroxyl groups is 1. The molecular weight excluding hydrogens is 394 g/mol. The summed E-state index contributed by atoms with van der Waals surface area (Å²) in [5.41, 5.74) is 7.47. The zero-order valence-corrected chi connectivity index (χ0v) is 19.5. The lowest BCUT2D eigenvalue weighted by atomic mass is 10.0. The van der Waals surface area contributed by atoms with Crippen LogP contribution in [0.5, 0.6) is 5.75 Å². The molecule has 0 atom stereocenters. The minimum Gasteiger partial charge on any atom is -0.496 e. The first kappa shape index (κ1) is 23.4. The predicted octanol–water partition coefficient (Wildman–Crippen LogP) is 6.68. The van der Waals surface area contributed by atoms with Crippen molar-refractivity contribution in [1.82, 2.24) is 0 Å². The quantitative estimate of drug-likeness (QED) is 0.387. The van der Waals surface area contributed by atoms with Gasteiger partial charge < -0.3 is 14.7 Å². The lowest BCUT2D eigenvalue weighted by Gasteiger charge is -2.20. The Bertz CT molecular complexity index is 1060. The molecule has 166 valence electrons. The Balaban J connectivity index is 1.84. The van der Waals surface area contributed by atoms with Gasteiger partial charge in [-0.05, 0) is 67.3 Å². The van der Waals surface area contributed by atoms with Gasteiger partial charge in [0, 0.05) is 24.3 Å². The van der Waals surface area contributed by atoms with Crippen molar-refractivity contribution in [2.75, 3.05) is 25.1 Å². The molecule has 0 radical (unpaired) electrons. The number of benzene rings is 3. The minimum absolute atomic E-state index is 0.0308. The zero-order valence-electron chi connectivity index (χ0n) is 19.5. The van der Waals surface area contributed by atoms with Crippen LogP contribution in [0.15, 0.2) is 60.7 Å². The molecule has 0 spiro atoms. The van der Waals surface area contributed by atoms with Gasteiger partial charge in [-0.1, -0.05) is 66.3 Å². The van der Waals surface area contributed by atoms with Crippen LogP contribution in [0.1, 0.15) is 47.2 Å². The van der Waals surface area contributed by atoms with Gasteiger partial charge in [0.25, 0.3) is 0 Å². The van der Waals surface area contributed by atoms with E-state index in [0.29, 0.717) is 0 Å². The Hall–Kier alpha value is -3.30. The molecule has 0 amide bonds. The van der Waals surface area contributed by atoms with E-state index in [4.69, 9.17) is 4.74 Å². The predicted molar refractivity (Wildman–Crippen MR) is 138 cm³/mol. The first-order valence-corrected chi connectivity index (χ1v) is 11.2. The molecule has 1 N–H and O–H groups in total. The topological polar surface area (TPSA) is 32.7 Å². The fourth-order valence-electron chi connectivity index (χ4n) is 3.69. The highest BCUT2D eigenvalue weighted by molar-refractivity contribution is 5.77. The second-order valence-electron chi connectivity index (χ2n) is 7.79. The van der Waals surface area contributed by atoms with Gasteiger partial charge in [-0.3, -0.25) is 0 Å². The van der Waals surface area contributed by atoms with Gasteiger partial charge in [-0.25, -0.2) is 0 Å². The van der Waals surface area contributed by atoms with Crippen LogP contribution in [0.25, 0.3) is 24.3 Å². The van der Waals surface area contributed by atoms with Crippen LogP contribution in [0.2, 0.25) is 0 Å². The molecule has 32 heavy (non-hydrogen) atoms. The van der Waals surface area contributed by atoms with Gasteiger partial charge in [-0.15, -0.1) is 0 Å². The number of ether oxygens (including phenoxy) is 1. The maximum absolute atomic E-state index is 9.95. The third-order valence-corrected chi connectivity index (χ3v) is 5.67. The summed E-state index contributed by atoms with van der Waals surface area (Å²) in [6.45, 7) is 8.38. The molecule has 0 heterocycles. The highest BCUT2D eigenvalue weighted by Gasteiger charge is 2.07. The number of nitrogens with zero attached hydrogens (tertiary/aromatic N) is 1. The highest BCUT2D eigenvalue weighted by Crippen LogP contribution is 2.28. The van der Waals surface area contributed by atoms with Crippen molar-refractivity contribution >= 4 is 30.0 Å². The Labute approximate surface area is 192 Å². The number of aliphatic hydroxyl groups excluding tert-OH is 1. The molecule has 0 unspecified atom stereocenters. The summed E-state index contributed by atoms with van der Waals surface area (Å²) in [5, 5.41) is 9.95. The van der Waals surface area contributed by atoms with Crippen LogP contribution in [0.3, 0.4) is 0 Å². The van der Waals surface area contributed by atoms with Crippen LogP contribution in [-0.4, -0.2) is 25.3 Å². The molecule has 0 aliphatic rings. The molecular formula is C29H33NO2. The standard InChI is InChI=1S/C29H33NO2/c1-5-30(6-2)28-17-13-24(14-18-28)12-16-26-19-27(21-31)25(20-29(26)32-4)15-11-23-9-7-22(3)8-10-23/h7-20,31H,5-6,21H2,1-4H3. The fraction of sp³-hybridized carbons (Fsp3) is 0.241. The smallest absolute Gasteiger partial charge is 0.126 e. The summed E-state index contributed by atoms with van der Waals surface area (Å²) in [7, 11) is 1.68. The lowest BCUT2D eigenvalue weighted by molar-refractivity contribution is 0.281. The first-order chi connectivity index (χ1) is 15.6. The minimum atomic E-state index is -0.0308. The summed E-state index contributed by atoms with van der Waals surface area (Å²) < 4.78 is 5.65. The van der Waals surface area contributed by atoms with Gasteiger partial charge in [-0.2, -0.15) is 0 Å². The molecule has 0 fully saturated rings. The van der Waals surface area contributed by atoms with E-state index in [1.165, 1.54) is 11.3 Å². The average molecular weight is 428 g/mol. The van der Waals surface area contributed by atoms with E-state index in [-0.39, 0.29) is 6.61 Å². The number of methoxy groups -OCH3 is 1. The zero-order chi connectivity index (χ0) is 22.9. The molecule has 0 saturated carbocycles. The molecule has 0 bridgehead atoms. The largest absolute Gasteiger partial charge is 0.496 e. The summed E-state index contributed by atoms with van der Waals surface area (Å²) in [5.74, 6) is 0.779. The van der Waals surface area contributed by atoms with E-state index in [1.807, 2.05) is 24.3 Å². The van der Waals surface area contributed by atoms with Crippen LogP contribution < -0.4 is 9.64 Å². The Morgan fingerprint density at radius 3 is 1.88 bits per heavy atom. The second-order valence-corrected chi connectivity index (χ2v) is 7.79. The fourth-order valence-corrected chi connectivity index (χ4v) is 3.69. The van der Waals surface area contributed by atoms with Gasteiger partial charge in [0.15, 0.2) is 0 Å². The number of hydrogen-bond acceptors (Lipinski definition) is 3. The van der Waals surface area contributed by atoms with Crippen LogP contribution >= 0.6 is 0 Å². The Kier molecular flexibility index (Phi) is 8.29. The number of anilines is 1. The van der Waals surface area contributed by atoms with Gasteiger partial charge in [0.05, 0.1) is 13.7 Å². The van der Waals surface area contributed by atoms with Gasteiger partial charge in [0.1, 0.15) is 5.75 Å². The summed E-state index contributed by atoms with van der Waals surface area (Å²) >= 11 is 0. The van der Waals surface area contributed by atoms with Gasteiger partial charge in [0.2, 0.25) is 0 Å². The van der Waals surface area contributed by atoms with Crippen LogP contribution in [0, 0.1) is 6.92 Å². The Morgan fingerprint density at radius 1 is 0.781 bits per heavy atom. The number of aryl methyl sites for hydroxylation is 1. The van der Waals surface area contributed by atoms with E-state index in [1.54, 1.807) is 7.11 Å². The van der Waals surface area contributed by atoms with E-state index in [0.717, 1.165) is 46.7 Å². The molecule has 0 saturated heterocycles.